The highest BCUT2D eigenvalue weighted by Crippen LogP contribution is 2.10. The molecule has 0 spiro atoms. The van der Waals surface area contributed by atoms with Crippen LogP contribution >= 0.6 is 0 Å². The Labute approximate surface area is 93.7 Å². The molecule has 1 rings (SSSR count). The lowest BCUT2D eigenvalue weighted by molar-refractivity contribution is 0.717. The molecule has 0 radical (unpaired) electrons. The van der Waals surface area contributed by atoms with Crippen molar-refractivity contribution in [2.45, 2.75) is 45.4 Å². The average molecular weight is 200 g/mol. The van der Waals surface area contributed by atoms with Gasteiger partial charge in [-0.1, -0.05) is 44.0 Å². The van der Waals surface area contributed by atoms with E-state index >= 15 is 0 Å². The first-order chi connectivity index (χ1) is 7.36. The Hall–Kier alpha value is -1.22. The molecule has 0 heteroatoms. The molecule has 1 aromatic rings. The molecule has 0 aliphatic carbocycles. The SMILES string of the molecule is C#CCCc1ccc(CCCCC)cc1. The second-order valence-corrected chi connectivity index (χ2v) is 3.98. The Balaban J connectivity index is 2.39. The smallest absolute Gasteiger partial charge is 0.0127 e. The van der Waals surface area contributed by atoms with Crippen LogP contribution in [-0.2, 0) is 12.8 Å². The summed E-state index contributed by atoms with van der Waals surface area (Å²) in [6, 6.07) is 8.89. The first kappa shape index (κ1) is 11.9. The molecule has 0 N–H and O–H groups in total. The molecular formula is C15H20. The van der Waals surface area contributed by atoms with Crippen LogP contribution in [0.5, 0.6) is 0 Å². The Morgan fingerprint density at radius 3 is 2.13 bits per heavy atom. The van der Waals surface area contributed by atoms with Gasteiger partial charge in [0.15, 0.2) is 0 Å². The van der Waals surface area contributed by atoms with Crippen molar-refractivity contribution in [2.24, 2.45) is 0 Å². The molecule has 0 aliphatic rings. The van der Waals surface area contributed by atoms with Gasteiger partial charge in [-0.3, -0.25) is 0 Å². The van der Waals surface area contributed by atoms with Gasteiger partial charge in [0.25, 0.3) is 0 Å². The second kappa shape index (κ2) is 7.12. The number of terminal acetylenes is 1. The average Bonchev–Trinajstić information content (AvgIpc) is 2.28. The van der Waals surface area contributed by atoms with Gasteiger partial charge in [0, 0.05) is 6.42 Å². The summed E-state index contributed by atoms with van der Waals surface area (Å²) in [6.07, 6.45) is 12.2. The van der Waals surface area contributed by atoms with E-state index in [1.54, 1.807) is 0 Å². The molecule has 15 heavy (non-hydrogen) atoms. The van der Waals surface area contributed by atoms with Crippen LogP contribution in [0.15, 0.2) is 24.3 Å². The third kappa shape index (κ3) is 4.70. The third-order valence-corrected chi connectivity index (χ3v) is 2.65. The van der Waals surface area contributed by atoms with E-state index in [2.05, 4.69) is 37.1 Å². The summed E-state index contributed by atoms with van der Waals surface area (Å²) in [7, 11) is 0. The first-order valence-electron chi connectivity index (χ1n) is 5.88. The largest absolute Gasteiger partial charge is 0.120 e. The van der Waals surface area contributed by atoms with Gasteiger partial charge in [-0.05, 0) is 30.4 Å². The lowest BCUT2D eigenvalue weighted by Crippen LogP contribution is -1.88. The minimum absolute atomic E-state index is 0.842. The highest BCUT2D eigenvalue weighted by molar-refractivity contribution is 5.23. The van der Waals surface area contributed by atoms with Crippen molar-refractivity contribution >= 4 is 0 Å². The first-order valence-corrected chi connectivity index (χ1v) is 5.88. The maximum atomic E-state index is 5.24. The summed E-state index contributed by atoms with van der Waals surface area (Å²) in [5, 5.41) is 0. The Morgan fingerprint density at radius 1 is 1.00 bits per heavy atom. The van der Waals surface area contributed by atoms with Gasteiger partial charge < -0.3 is 0 Å². The summed E-state index contributed by atoms with van der Waals surface area (Å²) in [6.45, 7) is 2.24. The Morgan fingerprint density at radius 2 is 1.60 bits per heavy atom. The van der Waals surface area contributed by atoms with E-state index < -0.39 is 0 Å². The Bertz CT molecular complexity index is 300. The van der Waals surface area contributed by atoms with Gasteiger partial charge in [0.05, 0.1) is 0 Å². The highest BCUT2D eigenvalue weighted by atomic mass is 14.0. The van der Waals surface area contributed by atoms with Crippen molar-refractivity contribution in [1.82, 2.24) is 0 Å². The molecule has 80 valence electrons. The summed E-state index contributed by atoms with van der Waals surface area (Å²) in [5.74, 6) is 2.67. The van der Waals surface area contributed by atoms with E-state index in [0.29, 0.717) is 0 Å². The topological polar surface area (TPSA) is 0 Å². The van der Waals surface area contributed by atoms with Crippen LogP contribution in [0.3, 0.4) is 0 Å². The van der Waals surface area contributed by atoms with E-state index in [1.165, 1.54) is 36.8 Å². The number of benzene rings is 1. The maximum Gasteiger partial charge on any atom is 0.0127 e. The maximum absolute atomic E-state index is 5.24. The van der Waals surface area contributed by atoms with Crippen LogP contribution in [-0.4, -0.2) is 0 Å². The molecule has 0 heterocycles. The molecule has 0 amide bonds. The molecule has 0 aliphatic heterocycles. The number of hydrogen-bond donors (Lipinski definition) is 0. The van der Waals surface area contributed by atoms with Crippen molar-refractivity contribution in [2.75, 3.05) is 0 Å². The normalized spacial score (nSPS) is 9.87. The zero-order chi connectivity index (χ0) is 10.9. The van der Waals surface area contributed by atoms with Gasteiger partial charge >= 0.3 is 0 Å². The quantitative estimate of drug-likeness (QED) is 0.481. The monoisotopic (exact) mass is 200 g/mol. The van der Waals surface area contributed by atoms with Crippen LogP contribution in [0.4, 0.5) is 0 Å². The number of hydrogen-bond acceptors (Lipinski definition) is 0. The van der Waals surface area contributed by atoms with E-state index in [-0.39, 0.29) is 0 Å². The number of unbranched alkanes of at least 4 members (excludes halogenated alkanes) is 2. The van der Waals surface area contributed by atoms with Gasteiger partial charge in [0.1, 0.15) is 0 Å². The molecule has 0 nitrogen and oxygen atoms in total. The van der Waals surface area contributed by atoms with Crippen molar-refractivity contribution in [3.63, 3.8) is 0 Å². The van der Waals surface area contributed by atoms with Crippen LogP contribution in [0.2, 0.25) is 0 Å². The molecule has 0 atom stereocenters. The van der Waals surface area contributed by atoms with Crippen LogP contribution in [0.25, 0.3) is 0 Å². The fourth-order valence-corrected chi connectivity index (χ4v) is 1.67. The molecule has 0 bridgehead atoms. The van der Waals surface area contributed by atoms with E-state index in [0.717, 1.165) is 12.8 Å². The van der Waals surface area contributed by atoms with Crippen LogP contribution < -0.4 is 0 Å². The van der Waals surface area contributed by atoms with Gasteiger partial charge in [-0.2, -0.15) is 0 Å². The summed E-state index contributed by atoms with van der Waals surface area (Å²) in [5.41, 5.74) is 2.81. The predicted octanol–water partition coefficient (Wildman–Crippen LogP) is 3.99. The number of rotatable bonds is 6. The molecular weight excluding hydrogens is 180 g/mol. The summed E-state index contributed by atoms with van der Waals surface area (Å²) >= 11 is 0. The molecule has 0 fully saturated rings. The van der Waals surface area contributed by atoms with Crippen molar-refractivity contribution in [3.05, 3.63) is 35.4 Å². The summed E-state index contributed by atoms with van der Waals surface area (Å²) in [4.78, 5) is 0. The summed E-state index contributed by atoms with van der Waals surface area (Å²) < 4.78 is 0. The molecule has 0 aromatic heterocycles. The van der Waals surface area contributed by atoms with Crippen molar-refractivity contribution in [1.29, 1.82) is 0 Å². The lowest BCUT2D eigenvalue weighted by atomic mass is 10.0. The Kier molecular flexibility index (Phi) is 5.63. The minimum Gasteiger partial charge on any atom is -0.120 e. The zero-order valence-electron chi connectivity index (χ0n) is 9.63. The molecule has 1 aromatic carbocycles. The fourth-order valence-electron chi connectivity index (χ4n) is 1.67. The molecule has 0 saturated heterocycles. The predicted molar refractivity (Wildman–Crippen MR) is 66.8 cm³/mol. The van der Waals surface area contributed by atoms with E-state index in [4.69, 9.17) is 6.42 Å². The van der Waals surface area contributed by atoms with Gasteiger partial charge in [-0.25, -0.2) is 0 Å². The van der Waals surface area contributed by atoms with Gasteiger partial charge in [-0.15, -0.1) is 12.3 Å². The van der Waals surface area contributed by atoms with E-state index in [9.17, 15) is 0 Å². The van der Waals surface area contributed by atoms with Crippen LogP contribution in [0, 0.1) is 12.3 Å². The van der Waals surface area contributed by atoms with E-state index in [1.807, 2.05) is 0 Å². The highest BCUT2D eigenvalue weighted by Gasteiger charge is 1.94. The second-order valence-electron chi connectivity index (χ2n) is 3.98. The molecule has 0 saturated carbocycles. The lowest BCUT2D eigenvalue weighted by Gasteiger charge is -2.02. The fraction of sp³-hybridized carbons (Fsp3) is 0.467. The minimum atomic E-state index is 0.842. The van der Waals surface area contributed by atoms with Gasteiger partial charge in [0.2, 0.25) is 0 Å². The number of aryl methyl sites for hydroxylation is 2. The van der Waals surface area contributed by atoms with Crippen molar-refractivity contribution in [3.8, 4) is 12.3 Å². The zero-order valence-corrected chi connectivity index (χ0v) is 9.63. The third-order valence-electron chi connectivity index (χ3n) is 2.65. The van der Waals surface area contributed by atoms with Crippen molar-refractivity contribution < 1.29 is 0 Å². The standard InChI is InChI=1S/C15H20/c1-3-5-7-9-15-12-10-14(11-13-15)8-6-4-2/h2,10-13H,3,5-9H2,1H3. The van der Waals surface area contributed by atoms with Crippen LogP contribution in [0.1, 0.15) is 43.7 Å². The molecule has 0 unspecified atom stereocenters.